The summed E-state index contributed by atoms with van der Waals surface area (Å²) < 4.78 is 19.8. The van der Waals surface area contributed by atoms with Crippen molar-refractivity contribution in [2.75, 3.05) is 18.6 Å². The molecule has 3 heterocycles. The largest absolute Gasteiger partial charge is 0.496 e. The molecule has 0 radical (unpaired) electrons. The zero-order valence-electron chi connectivity index (χ0n) is 16.5. The van der Waals surface area contributed by atoms with Crippen molar-refractivity contribution in [1.82, 2.24) is 10.3 Å². The number of aliphatic hydroxyl groups is 1. The Bertz CT molecular complexity index is 976. The summed E-state index contributed by atoms with van der Waals surface area (Å²) in [6, 6.07) is 8.23. The first kappa shape index (κ1) is 19.4. The molecule has 29 heavy (non-hydrogen) atoms. The maximum absolute atomic E-state index is 14.4. The Kier molecular flexibility index (Phi) is 5.24. The first-order valence-corrected chi connectivity index (χ1v) is 9.71. The zero-order chi connectivity index (χ0) is 20.5. The second-order valence-electron chi connectivity index (χ2n) is 7.48. The number of ether oxygens (including phenoxy) is 1. The summed E-state index contributed by atoms with van der Waals surface area (Å²) in [6.07, 6.45) is 3.38. The lowest BCUT2D eigenvalue weighted by atomic mass is 9.99. The van der Waals surface area contributed by atoms with Gasteiger partial charge in [-0.15, -0.1) is 0 Å². The summed E-state index contributed by atoms with van der Waals surface area (Å²) >= 11 is 0. The third kappa shape index (κ3) is 3.58. The molecule has 7 heteroatoms. The Balaban J connectivity index is 1.62. The van der Waals surface area contributed by atoms with Crippen LogP contribution in [0.4, 0.5) is 10.2 Å². The van der Waals surface area contributed by atoms with Crippen LogP contribution in [0.15, 0.2) is 36.5 Å². The van der Waals surface area contributed by atoms with Crippen molar-refractivity contribution in [3.8, 4) is 5.75 Å². The number of nitrogens with zero attached hydrogens (tertiary/aromatic N) is 2. The topological polar surface area (TPSA) is 74.7 Å². The minimum atomic E-state index is -0.329. The summed E-state index contributed by atoms with van der Waals surface area (Å²) in [4.78, 5) is 18.6. The average molecular weight is 397 g/mol. The number of nitrogens with one attached hydrogen (secondary N) is 1. The number of rotatable bonds is 5. The number of anilines is 1. The Morgan fingerprint density at radius 3 is 2.97 bits per heavy atom. The van der Waals surface area contributed by atoms with Crippen molar-refractivity contribution in [3.63, 3.8) is 0 Å². The molecule has 0 aliphatic carbocycles. The van der Waals surface area contributed by atoms with Gasteiger partial charge in [-0.3, -0.25) is 9.69 Å². The maximum Gasteiger partial charge on any atom is 0.228 e. The Hall–Kier alpha value is -2.93. The molecule has 4 rings (SSSR count). The number of amides is 1. The van der Waals surface area contributed by atoms with Gasteiger partial charge in [-0.1, -0.05) is 6.07 Å². The summed E-state index contributed by atoms with van der Waals surface area (Å²) in [6.45, 7) is 1.86. The molecule has 2 N–H and O–H groups in total. The molecule has 1 saturated heterocycles. The lowest BCUT2D eigenvalue weighted by Crippen LogP contribution is -2.36. The van der Waals surface area contributed by atoms with Crippen LogP contribution in [0.3, 0.4) is 0 Å². The van der Waals surface area contributed by atoms with Crippen LogP contribution in [-0.2, 0) is 4.79 Å². The lowest BCUT2D eigenvalue weighted by Gasteiger charge is -2.24. The van der Waals surface area contributed by atoms with Gasteiger partial charge in [0, 0.05) is 19.0 Å². The molecule has 0 saturated carbocycles. The standard InChI is InChI=1S/C22H24FN3O3/c1-13-8-18(25-20(9-13)26-15(12-27)6-7-21(26)28)17-10-14(11-24-17)22-16(23)4-3-5-19(22)29-2/h3-5,8-9,11,15,17,24,27H,6-7,10,12H2,1-2H3/t15-,17?/m0/s1. The highest BCUT2D eigenvalue weighted by Crippen LogP contribution is 2.38. The van der Waals surface area contributed by atoms with Gasteiger partial charge in [-0.25, -0.2) is 9.37 Å². The smallest absolute Gasteiger partial charge is 0.228 e. The van der Waals surface area contributed by atoms with Crippen molar-refractivity contribution in [1.29, 1.82) is 0 Å². The van der Waals surface area contributed by atoms with Gasteiger partial charge in [0.2, 0.25) is 5.91 Å². The molecule has 2 atom stereocenters. The summed E-state index contributed by atoms with van der Waals surface area (Å²) in [5.41, 5.74) is 3.01. The molecule has 1 aromatic carbocycles. The lowest BCUT2D eigenvalue weighted by molar-refractivity contribution is -0.117. The minimum Gasteiger partial charge on any atom is -0.496 e. The second kappa shape index (κ2) is 7.83. The third-order valence-corrected chi connectivity index (χ3v) is 5.52. The predicted molar refractivity (Wildman–Crippen MR) is 108 cm³/mol. The quantitative estimate of drug-likeness (QED) is 0.811. The van der Waals surface area contributed by atoms with Gasteiger partial charge >= 0.3 is 0 Å². The van der Waals surface area contributed by atoms with Crippen LogP contribution in [0.25, 0.3) is 5.57 Å². The average Bonchev–Trinajstić information content (AvgIpc) is 3.33. The van der Waals surface area contributed by atoms with E-state index in [9.17, 15) is 14.3 Å². The molecular formula is C22H24FN3O3. The number of benzene rings is 1. The normalized spacial score (nSPS) is 21.3. The van der Waals surface area contributed by atoms with Gasteiger partial charge in [0.15, 0.2) is 0 Å². The second-order valence-corrected chi connectivity index (χ2v) is 7.48. The first-order valence-electron chi connectivity index (χ1n) is 9.71. The highest BCUT2D eigenvalue weighted by atomic mass is 19.1. The van der Waals surface area contributed by atoms with E-state index in [4.69, 9.17) is 9.72 Å². The molecule has 1 amide bonds. The fourth-order valence-electron chi connectivity index (χ4n) is 4.10. The van der Waals surface area contributed by atoms with Gasteiger partial charge in [0.05, 0.1) is 37.1 Å². The Morgan fingerprint density at radius 1 is 1.38 bits per heavy atom. The minimum absolute atomic E-state index is 0.0256. The van der Waals surface area contributed by atoms with Crippen LogP contribution in [0, 0.1) is 12.7 Å². The fourth-order valence-corrected chi connectivity index (χ4v) is 4.10. The van der Waals surface area contributed by atoms with E-state index in [0.717, 1.165) is 16.8 Å². The summed E-state index contributed by atoms with van der Waals surface area (Å²) in [5, 5.41) is 12.9. The number of halogens is 1. The highest BCUT2D eigenvalue weighted by Gasteiger charge is 2.33. The molecule has 2 aliphatic heterocycles. The van der Waals surface area contributed by atoms with Gasteiger partial charge in [-0.2, -0.15) is 0 Å². The number of carbonyl (C=O) groups is 1. The van der Waals surface area contributed by atoms with Crippen LogP contribution in [-0.4, -0.2) is 35.8 Å². The van der Waals surface area contributed by atoms with Crippen LogP contribution < -0.4 is 15.0 Å². The van der Waals surface area contributed by atoms with E-state index in [2.05, 4.69) is 5.32 Å². The number of methoxy groups -OCH3 is 1. The molecule has 1 fully saturated rings. The maximum atomic E-state index is 14.4. The number of hydrogen-bond acceptors (Lipinski definition) is 5. The third-order valence-electron chi connectivity index (χ3n) is 5.52. The van der Waals surface area contributed by atoms with E-state index >= 15 is 0 Å². The van der Waals surface area contributed by atoms with Crippen molar-refractivity contribution in [2.45, 2.75) is 38.3 Å². The number of hydrogen-bond donors (Lipinski definition) is 2. The van der Waals surface area contributed by atoms with E-state index in [0.29, 0.717) is 36.4 Å². The molecule has 6 nitrogen and oxygen atoms in total. The Labute approximate surface area is 169 Å². The molecule has 1 aromatic heterocycles. The van der Waals surface area contributed by atoms with Crippen molar-refractivity contribution < 1.29 is 19.0 Å². The number of aliphatic hydroxyl groups excluding tert-OH is 1. The number of aromatic nitrogens is 1. The first-order chi connectivity index (χ1) is 14.0. The molecule has 152 valence electrons. The van der Waals surface area contributed by atoms with Crippen LogP contribution in [0.1, 0.15) is 42.1 Å². The van der Waals surface area contributed by atoms with Crippen LogP contribution >= 0.6 is 0 Å². The van der Waals surface area contributed by atoms with E-state index in [1.54, 1.807) is 23.2 Å². The van der Waals surface area contributed by atoms with Crippen LogP contribution in [0.2, 0.25) is 0 Å². The molecule has 2 aromatic rings. The van der Waals surface area contributed by atoms with E-state index in [1.807, 2.05) is 19.1 Å². The predicted octanol–water partition coefficient (Wildman–Crippen LogP) is 3.10. The van der Waals surface area contributed by atoms with E-state index < -0.39 is 0 Å². The van der Waals surface area contributed by atoms with Crippen molar-refractivity contribution in [2.24, 2.45) is 0 Å². The van der Waals surface area contributed by atoms with Crippen LogP contribution in [0.5, 0.6) is 5.75 Å². The molecule has 2 aliphatic rings. The monoisotopic (exact) mass is 397 g/mol. The highest BCUT2D eigenvalue weighted by molar-refractivity contribution is 5.95. The zero-order valence-corrected chi connectivity index (χ0v) is 16.5. The summed E-state index contributed by atoms with van der Waals surface area (Å²) in [7, 11) is 1.53. The van der Waals surface area contributed by atoms with Gasteiger partial charge in [0.1, 0.15) is 17.4 Å². The number of aryl methyl sites for hydroxylation is 1. The van der Waals surface area contributed by atoms with E-state index in [1.165, 1.54) is 13.2 Å². The van der Waals surface area contributed by atoms with Gasteiger partial charge in [-0.05, 0) is 48.7 Å². The van der Waals surface area contributed by atoms with Crippen molar-refractivity contribution >= 4 is 17.3 Å². The number of pyridine rings is 1. The fraction of sp³-hybridized carbons (Fsp3) is 0.364. The summed E-state index contributed by atoms with van der Waals surface area (Å²) in [5.74, 6) is 0.692. The molecule has 0 bridgehead atoms. The van der Waals surface area contributed by atoms with Crippen molar-refractivity contribution in [3.05, 3.63) is 59.2 Å². The number of carbonyl (C=O) groups excluding carboxylic acids is 1. The van der Waals surface area contributed by atoms with Gasteiger partial charge < -0.3 is 15.2 Å². The molecule has 1 unspecified atom stereocenters. The van der Waals surface area contributed by atoms with Gasteiger partial charge in [0.25, 0.3) is 0 Å². The van der Waals surface area contributed by atoms with E-state index in [-0.39, 0.29) is 30.4 Å². The Morgan fingerprint density at radius 2 is 2.21 bits per heavy atom. The SMILES string of the molecule is COc1cccc(F)c1C1=CNC(c2cc(C)cc(N3C(=O)CC[C@H]3CO)n2)C1. The molecular weight excluding hydrogens is 373 g/mol. The molecule has 0 spiro atoms.